The molecule has 21 heavy (non-hydrogen) atoms. The molecule has 0 radical (unpaired) electrons. The third-order valence-corrected chi connectivity index (χ3v) is 2.33. The molecule has 3 N–H and O–H groups in total. The number of hydrogen-bond acceptors (Lipinski definition) is 4. The van der Waals surface area contributed by atoms with Crippen molar-refractivity contribution in [2.24, 2.45) is 0 Å². The Bertz CT molecular complexity index is 558. The molecular weight excluding hydrogens is 274 g/mol. The van der Waals surface area contributed by atoms with Crippen LogP contribution in [0.3, 0.4) is 0 Å². The third-order valence-electron chi connectivity index (χ3n) is 2.33. The highest BCUT2D eigenvalue weighted by atomic mass is 16.6. The molecule has 6 heteroatoms. The molecule has 0 saturated heterocycles. The van der Waals surface area contributed by atoms with Crippen molar-refractivity contribution < 1.29 is 24.5 Å². The molecule has 6 nitrogen and oxygen atoms in total. The second kappa shape index (κ2) is 6.78. The van der Waals surface area contributed by atoms with E-state index in [4.69, 9.17) is 9.84 Å². The maximum absolute atomic E-state index is 11.4. The van der Waals surface area contributed by atoms with Gasteiger partial charge in [0, 0.05) is 6.54 Å². The molecule has 1 amide bonds. The van der Waals surface area contributed by atoms with E-state index in [-0.39, 0.29) is 17.9 Å². The molecule has 1 aromatic rings. The fourth-order valence-corrected chi connectivity index (χ4v) is 1.48. The maximum atomic E-state index is 11.4. The summed E-state index contributed by atoms with van der Waals surface area (Å²) in [4.78, 5) is 22.1. The highest BCUT2D eigenvalue weighted by molar-refractivity contribution is 5.91. The van der Waals surface area contributed by atoms with Gasteiger partial charge < -0.3 is 20.3 Å². The molecule has 0 aliphatic rings. The van der Waals surface area contributed by atoms with Crippen LogP contribution in [0.5, 0.6) is 5.75 Å². The van der Waals surface area contributed by atoms with Gasteiger partial charge in [0.2, 0.25) is 0 Å². The number of benzene rings is 1. The fourth-order valence-electron chi connectivity index (χ4n) is 1.48. The largest absolute Gasteiger partial charge is 0.507 e. The van der Waals surface area contributed by atoms with Crippen molar-refractivity contribution in [3.8, 4) is 5.75 Å². The Morgan fingerprint density at radius 3 is 2.52 bits per heavy atom. The molecule has 1 aromatic carbocycles. The Hall–Kier alpha value is -2.50. The van der Waals surface area contributed by atoms with E-state index >= 15 is 0 Å². The smallest absolute Gasteiger partial charge is 0.407 e. The van der Waals surface area contributed by atoms with E-state index in [9.17, 15) is 14.7 Å². The molecule has 0 aliphatic heterocycles. The fraction of sp³-hybridized carbons (Fsp3) is 0.333. The SMILES string of the molecule is CC(C)(C)OC(=O)NCC=Cc1ccc(C(=O)O)c(O)c1. The van der Waals surface area contributed by atoms with Crippen LogP contribution in [0.25, 0.3) is 6.08 Å². The molecule has 0 spiro atoms. The molecule has 0 saturated carbocycles. The molecule has 1 rings (SSSR count). The van der Waals surface area contributed by atoms with E-state index in [1.54, 1.807) is 39.0 Å². The number of alkyl carbamates (subject to hydrolysis) is 1. The lowest BCUT2D eigenvalue weighted by atomic mass is 10.1. The Morgan fingerprint density at radius 2 is 2.00 bits per heavy atom. The van der Waals surface area contributed by atoms with Gasteiger partial charge in [0.15, 0.2) is 0 Å². The van der Waals surface area contributed by atoms with Crippen molar-refractivity contribution >= 4 is 18.1 Å². The lowest BCUT2D eigenvalue weighted by Crippen LogP contribution is -2.32. The molecule has 0 aromatic heterocycles. The molecule has 0 fully saturated rings. The minimum absolute atomic E-state index is 0.154. The van der Waals surface area contributed by atoms with E-state index in [1.165, 1.54) is 12.1 Å². The number of hydrogen-bond donors (Lipinski definition) is 3. The van der Waals surface area contributed by atoms with Gasteiger partial charge in [-0.3, -0.25) is 0 Å². The average molecular weight is 293 g/mol. The number of amides is 1. The van der Waals surface area contributed by atoms with E-state index in [0.717, 1.165) is 0 Å². The number of carboxylic acids is 1. The van der Waals surface area contributed by atoms with Crippen LogP contribution >= 0.6 is 0 Å². The van der Waals surface area contributed by atoms with Gasteiger partial charge in [-0.05, 0) is 38.5 Å². The highest BCUT2D eigenvalue weighted by Crippen LogP contribution is 2.19. The van der Waals surface area contributed by atoms with E-state index in [2.05, 4.69) is 5.32 Å². The normalized spacial score (nSPS) is 11.4. The second-order valence-corrected chi connectivity index (χ2v) is 5.37. The lowest BCUT2D eigenvalue weighted by molar-refractivity contribution is 0.0533. The van der Waals surface area contributed by atoms with Gasteiger partial charge >= 0.3 is 12.1 Å². The number of rotatable bonds is 4. The van der Waals surface area contributed by atoms with E-state index < -0.39 is 17.7 Å². The Morgan fingerprint density at radius 1 is 1.33 bits per heavy atom. The van der Waals surface area contributed by atoms with Crippen molar-refractivity contribution in [2.75, 3.05) is 6.54 Å². The second-order valence-electron chi connectivity index (χ2n) is 5.37. The number of carbonyl (C=O) groups is 2. The van der Waals surface area contributed by atoms with Crippen LogP contribution < -0.4 is 5.32 Å². The zero-order chi connectivity index (χ0) is 16.0. The number of nitrogens with one attached hydrogen (secondary N) is 1. The monoisotopic (exact) mass is 293 g/mol. The highest BCUT2D eigenvalue weighted by Gasteiger charge is 2.15. The number of aromatic carboxylic acids is 1. The minimum Gasteiger partial charge on any atom is -0.507 e. The van der Waals surface area contributed by atoms with Gasteiger partial charge in [-0.15, -0.1) is 0 Å². The topological polar surface area (TPSA) is 95.9 Å². The number of phenols is 1. The summed E-state index contributed by atoms with van der Waals surface area (Å²) in [5.74, 6) is -1.49. The van der Waals surface area contributed by atoms with E-state index in [1.807, 2.05) is 0 Å². The van der Waals surface area contributed by atoms with Crippen molar-refractivity contribution in [1.82, 2.24) is 5.32 Å². The van der Waals surface area contributed by atoms with Crippen LogP contribution in [0.4, 0.5) is 4.79 Å². The van der Waals surface area contributed by atoms with Crippen molar-refractivity contribution in [1.29, 1.82) is 0 Å². The zero-order valence-corrected chi connectivity index (χ0v) is 12.2. The zero-order valence-electron chi connectivity index (χ0n) is 12.2. The first-order valence-electron chi connectivity index (χ1n) is 6.39. The van der Waals surface area contributed by atoms with Gasteiger partial charge in [0.1, 0.15) is 16.9 Å². The van der Waals surface area contributed by atoms with Crippen LogP contribution in [-0.2, 0) is 4.74 Å². The first-order valence-corrected chi connectivity index (χ1v) is 6.39. The molecule has 0 aliphatic carbocycles. The average Bonchev–Trinajstić information content (AvgIpc) is 2.32. The molecule has 114 valence electrons. The van der Waals surface area contributed by atoms with Crippen molar-refractivity contribution in [3.63, 3.8) is 0 Å². The summed E-state index contributed by atoms with van der Waals surface area (Å²) in [5, 5.41) is 20.9. The molecule has 0 atom stereocenters. The van der Waals surface area contributed by atoms with Crippen LogP contribution in [-0.4, -0.2) is 34.4 Å². The predicted octanol–water partition coefficient (Wildman–Crippen LogP) is 2.63. The van der Waals surface area contributed by atoms with Crippen LogP contribution in [0.2, 0.25) is 0 Å². The van der Waals surface area contributed by atoms with Gasteiger partial charge in [-0.2, -0.15) is 0 Å². The van der Waals surface area contributed by atoms with Gasteiger partial charge in [-0.1, -0.05) is 18.2 Å². The first-order chi connectivity index (χ1) is 9.69. The standard InChI is InChI=1S/C15H19NO5/c1-15(2,3)21-14(20)16-8-4-5-10-6-7-11(13(18)19)12(17)9-10/h4-7,9,17H,8H2,1-3H3,(H,16,20)(H,18,19). The van der Waals surface area contributed by atoms with Crippen LogP contribution in [0, 0.1) is 0 Å². The third kappa shape index (κ3) is 5.99. The van der Waals surface area contributed by atoms with E-state index in [0.29, 0.717) is 5.56 Å². The van der Waals surface area contributed by atoms with Gasteiger partial charge in [0.25, 0.3) is 0 Å². The minimum atomic E-state index is -1.19. The Balaban J connectivity index is 2.53. The summed E-state index contributed by atoms with van der Waals surface area (Å²) >= 11 is 0. The molecule has 0 unspecified atom stereocenters. The molecular formula is C15H19NO5. The molecule has 0 bridgehead atoms. The van der Waals surface area contributed by atoms with Crippen molar-refractivity contribution in [3.05, 3.63) is 35.4 Å². The quantitative estimate of drug-likeness (QED) is 0.793. The summed E-state index contributed by atoms with van der Waals surface area (Å²) in [6.45, 7) is 5.58. The van der Waals surface area contributed by atoms with Crippen LogP contribution in [0.15, 0.2) is 24.3 Å². The number of ether oxygens (including phenoxy) is 1. The Labute approximate surface area is 123 Å². The number of carbonyl (C=O) groups excluding carboxylic acids is 1. The summed E-state index contributed by atoms with van der Waals surface area (Å²) in [7, 11) is 0. The van der Waals surface area contributed by atoms with Gasteiger partial charge in [0.05, 0.1) is 0 Å². The number of carboxylic acid groups (broad SMARTS) is 1. The maximum Gasteiger partial charge on any atom is 0.407 e. The first kappa shape index (κ1) is 16.6. The summed E-state index contributed by atoms with van der Waals surface area (Å²) in [6, 6.07) is 4.22. The van der Waals surface area contributed by atoms with Crippen molar-refractivity contribution in [2.45, 2.75) is 26.4 Å². The summed E-state index contributed by atoms with van der Waals surface area (Å²) in [6.07, 6.45) is 2.80. The molecule has 0 heterocycles. The Kier molecular flexibility index (Phi) is 5.35. The predicted molar refractivity (Wildman–Crippen MR) is 78.3 cm³/mol. The number of aromatic hydroxyl groups is 1. The lowest BCUT2D eigenvalue weighted by Gasteiger charge is -2.19. The van der Waals surface area contributed by atoms with Gasteiger partial charge in [-0.25, -0.2) is 9.59 Å². The van der Waals surface area contributed by atoms with Crippen LogP contribution in [0.1, 0.15) is 36.7 Å². The summed E-state index contributed by atoms with van der Waals surface area (Å²) in [5.41, 5.74) is -0.0748. The summed E-state index contributed by atoms with van der Waals surface area (Å²) < 4.78 is 5.06.